The van der Waals surface area contributed by atoms with E-state index in [1.807, 2.05) is 12.1 Å². The molecule has 1 N–H and O–H groups in total. The van der Waals surface area contributed by atoms with Crippen molar-refractivity contribution in [1.29, 1.82) is 0 Å². The average Bonchev–Trinajstić information content (AvgIpc) is 2.54. The first-order valence-corrected chi connectivity index (χ1v) is 5.13. The van der Waals surface area contributed by atoms with Gasteiger partial charge in [0.1, 0.15) is 0 Å². The summed E-state index contributed by atoms with van der Waals surface area (Å²) in [6.45, 7) is 4.21. The van der Waals surface area contributed by atoms with Crippen LogP contribution in [0.3, 0.4) is 0 Å². The number of nitrogens with one attached hydrogen (secondary N) is 1. The Kier molecular flexibility index (Phi) is 2.31. The minimum Gasteiger partial charge on any atom is -0.318 e. The van der Waals surface area contributed by atoms with Crippen molar-refractivity contribution in [1.82, 2.24) is 0 Å². The van der Waals surface area contributed by atoms with Gasteiger partial charge in [0.25, 0.3) is 11.7 Å². The Bertz CT molecular complexity index is 437. The zero-order valence-electron chi connectivity index (χ0n) is 8.83. The number of carbonyl (C=O) groups is 2. The molecule has 15 heavy (non-hydrogen) atoms. The summed E-state index contributed by atoms with van der Waals surface area (Å²) >= 11 is 0. The number of amides is 1. The molecule has 1 atom stereocenters. The van der Waals surface area contributed by atoms with E-state index in [9.17, 15) is 9.59 Å². The highest BCUT2D eigenvalue weighted by atomic mass is 16.2. The maximum atomic E-state index is 11.4. The van der Waals surface area contributed by atoms with Gasteiger partial charge in [-0.05, 0) is 30.0 Å². The van der Waals surface area contributed by atoms with E-state index in [1.165, 1.54) is 0 Å². The lowest BCUT2D eigenvalue weighted by molar-refractivity contribution is -0.112. The topological polar surface area (TPSA) is 46.2 Å². The summed E-state index contributed by atoms with van der Waals surface area (Å²) in [6, 6.07) is 5.59. The fourth-order valence-electron chi connectivity index (χ4n) is 1.70. The number of ketones is 1. The van der Waals surface area contributed by atoms with Crippen molar-refractivity contribution in [2.75, 3.05) is 5.32 Å². The van der Waals surface area contributed by atoms with Gasteiger partial charge >= 0.3 is 0 Å². The van der Waals surface area contributed by atoms with E-state index in [1.54, 1.807) is 6.07 Å². The molecule has 0 saturated carbocycles. The second kappa shape index (κ2) is 3.50. The monoisotopic (exact) mass is 203 g/mol. The predicted molar refractivity (Wildman–Crippen MR) is 58.1 cm³/mol. The SMILES string of the molecule is CC[C@H](C)c1ccc2c(c1)C(=O)C(=O)N2. The lowest BCUT2D eigenvalue weighted by atomic mass is 9.96. The third kappa shape index (κ3) is 1.54. The quantitative estimate of drug-likeness (QED) is 0.750. The van der Waals surface area contributed by atoms with Gasteiger partial charge < -0.3 is 5.32 Å². The Morgan fingerprint density at radius 2 is 2.07 bits per heavy atom. The smallest absolute Gasteiger partial charge is 0.296 e. The molecule has 0 saturated heterocycles. The largest absolute Gasteiger partial charge is 0.318 e. The van der Waals surface area contributed by atoms with Gasteiger partial charge in [0.15, 0.2) is 0 Å². The first kappa shape index (κ1) is 9.90. The fourth-order valence-corrected chi connectivity index (χ4v) is 1.70. The van der Waals surface area contributed by atoms with Crippen molar-refractivity contribution < 1.29 is 9.59 Å². The van der Waals surface area contributed by atoms with Crippen LogP contribution in [0.25, 0.3) is 0 Å². The number of carbonyl (C=O) groups excluding carboxylic acids is 2. The molecule has 3 nitrogen and oxygen atoms in total. The lowest BCUT2D eigenvalue weighted by Crippen LogP contribution is -2.12. The Morgan fingerprint density at radius 3 is 2.73 bits per heavy atom. The van der Waals surface area contributed by atoms with E-state index in [2.05, 4.69) is 19.2 Å². The maximum Gasteiger partial charge on any atom is 0.296 e. The zero-order valence-corrected chi connectivity index (χ0v) is 8.83. The molecule has 1 aromatic carbocycles. The number of hydrogen-bond donors (Lipinski definition) is 1. The van der Waals surface area contributed by atoms with Crippen molar-refractivity contribution in [2.45, 2.75) is 26.2 Å². The molecule has 0 radical (unpaired) electrons. The van der Waals surface area contributed by atoms with Crippen LogP contribution in [-0.2, 0) is 4.79 Å². The highest BCUT2D eigenvalue weighted by Crippen LogP contribution is 2.28. The summed E-state index contributed by atoms with van der Waals surface area (Å²) in [5, 5.41) is 2.54. The average molecular weight is 203 g/mol. The molecule has 0 fully saturated rings. The molecule has 2 rings (SSSR count). The Labute approximate surface area is 88.5 Å². The normalized spacial score (nSPS) is 16.1. The molecule has 78 valence electrons. The third-order valence-corrected chi connectivity index (χ3v) is 2.92. The minimum atomic E-state index is -0.522. The van der Waals surface area contributed by atoms with Gasteiger partial charge in [-0.25, -0.2) is 0 Å². The molecule has 1 aromatic rings. The molecule has 0 bridgehead atoms. The van der Waals surface area contributed by atoms with Crippen molar-refractivity contribution in [3.63, 3.8) is 0 Å². The molecule has 1 amide bonds. The molecule has 1 aliphatic heterocycles. The van der Waals surface area contributed by atoms with Gasteiger partial charge in [0.05, 0.1) is 11.3 Å². The molecule has 3 heteroatoms. The maximum absolute atomic E-state index is 11.4. The van der Waals surface area contributed by atoms with Gasteiger partial charge in [0, 0.05) is 0 Å². The Hall–Kier alpha value is -1.64. The van der Waals surface area contributed by atoms with E-state index in [0.717, 1.165) is 12.0 Å². The van der Waals surface area contributed by atoms with Crippen LogP contribution in [0.4, 0.5) is 5.69 Å². The molecule has 1 heterocycles. The minimum absolute atomic E-state index is 0.416. The van der Waals surface area contributed by atoms with Crippen molar-refractivity contribution in [2.24, 2.45) is 0 Å². The van der Waals surface area contributed by atoms with Crippen molar-refractivity contribution in [3.8, 4) is 0 Å². The molecule has 0 aromatic heterocycles. The Morgan fingerprint density at radius 1 is 1.33 bits per heavy atom. The van der Waals surface area contributed by atoms with Crippen LogP contribution < -0.4 is 5.32 Å². The van der Waals surface area contributed by atoms with Crippen molar-refractivity contribution in [3.05, 3.63) is 29.3 Å². The Balaban J connectivity index is 2.44. The van der Waals surface area contributed by atoms with Gasteiger partial charge in [-0.3, -0.25) is 9.59 Å². The van der Waals surface area contributed by atoms with Crippen LogP contribution in [0.15, 0.2) is 18.2 Å². The molecule has 0 unspecified atom stereocenters. The van der Waals surface area contributed by atoms with Gasteiger partial charge in [-0.2, -0.15) is 0 Å². The number of anilines is 1. The fraction of sp³-hybridized carbons (Fsp3) is 0.333. The van der Waals surface area contributed by atoms with Gasteiger partial charge in [-0.15, -0.1) is 0 Å². The molecular weight excluding hydrogens is 190 g/mol. The van der Waals surface area contributed by atoms with E-state index in [4.69, 9.17) is 0 Å². The highest BCUT2D eigenvalue weighted by Gasteiger charge is 2.28. The third-order valence-electron chi connectivity index (χ3n) is 2.92. The van der Waals surface area contributed by atoms with Crippen LogP contribution >= 0.6 is 0 Å². The van der Waals surface area contributed by atoms with Crippen molar-refractivity contribution >= 4 is 17.4 Å². The van der Waals surface area contributed by atoms with E-state index < -0.39 is 11.7 Å². The zero-order chi connectivity index (χ0) is 11.0. The molecule has 0 spiro atoms. The van der Waals surface area contributed by atoms with E-state index in [0.29, 0.717) is 17.2 Å². The van der Waals surface area contributed by atoms with Crippen LogP contribution in [0.5, 0.6) is 0 Å². The first-order valence-electron chi connectivity index (χ1n) is 5.13. The highest BCUT2D eigenvalue weighted by molar-refractivity contribution is 6.51. The van der Waals surface area contributed by atoms with Crippen LogP contribution in [0.1, 0.15) is 42.1 Å². The lowest BCUT2D eigenvalue weighted by Gasteiger charge is -2.09. The van der Waals surface area contributed by atoms with E-state index >= 15 is 0 Å². The van der Waals surface area contributed by atoms with E-state index in [-0.39, 0.29) is 0 Å². The summed E-state index contributed by atoms with van der Waals surface area (Å²) < 4.78 is 0. The second-order valence-corrected chi connectivity index (χ2v) is 3.90. The van der Waals surface area contributed by atoms with Gasteiger partial charge in [0.2, 0.25) is 0 Å². The first-order chi connectivity index (χ1) is 7.13. The number of rotatable bonds is 2. The number of hydrogen-bond acceptors (Lipinski definition) is 2. The summed E-state index contributed by atoms with van der Waals surface area (Å²) in [5.74, 6) is -0.528. The standard InChI is InChI=1S/C12H13NO2/c1-3-7(2)8-4-5-10-9(6-8)11(14)12(15)13-10/h4-7H,3H2,1-2H3,(H,13,14,15)/t7-/m0/s1. The summed E-state index contributed by atoms with van der Waals surface area (Å²) in [4.78, 5) is 22.6. The predicted octanol–water partition coefficient (Wildman–Crippen LogP) is 2.33. The molecule has 1 aliphatic rings. The van der Waals surface area contributed by atoms with Crippen LogP contribution in [0.2, 0.25) is 0 Å². The summed E-state index contributed by atoms with van der Waals surface area (Å²) in [6.07, 6.45) is 1.02. The summed E-state index contributed by atoms with van der Waals surface area (Å²) in [5.41, 5.74) is 2.26. The number of benzene rings is 1. The number of fused-ring (bicyclic) bond motifs is 1. The summed E-state index contributed by atoms with van der Waals surface area (Å²) in [7, 11) is 0. The number of Topliss-reactive ketones (excluding diaryl/α,β-unsaturated/α-hetero) is 1. The van der Waals surface area contributed by atoms with Crippen LogP contribution in [-0.4, -0.2) is 11.7 Å². The molecule has 0 aliphatic carbocycles. The molecular formula is C12H13NO2. The van der Waals surface area contributed by atoms with Crippen LogP contribution in [0, 0.1) is 0 Å². The van der Waals surface area contributed by atoms with Gasteiger partial charge in [-0.1, -0.05) is 19.9 Å². The second-order valence-electron chi connectivity index (χ2n) is 3.90.